The maximum Gasteiger partial charge on any atom is 0.387 e. The molecule has 1 aliphatic rings. The van der Waals surface area contributed by atoms with Crippen molar-refractivity contribution in [3.8, 4) is 11.5 Å². The van der Waals surface area contributed by atoms with Crippen molar-refractivity contribution in [2.45, 2.75) is 26.2 Å². The lowest BCUT2D eigenvalue weighted by atomic mass is 10.1. The number of furan rings is 1. The maximum absolute atomic E-state index is 13.3. The Morgan fingerprint density at radius 2 is 1.97 bits per heavy atom. The van der Waals surface area contributed by atoms with Gasteiger partial charge in [-0.15, -0.1) is 0 Å². The van der Waals surface area contributed by atoms with E-state index in [0.717, 1.165) is 5.56 Å². The van der Waals surface area contributed by atoms with E-state index in [2.05, 4.69) is 9.73 Å². The largest absolute Gasteiger partial charge is 0.494 e. The summed E-state index contributed by atoms with van der Waals surface area (Å²) in [5, 5.41) is 0.371. The predicted molar refractivity (Wildman–Crippen MR) is 134 cm³/mol. The first-order chi connectivity index (χ1) is 17.4. The average molecular weight is 513 g/mol. The first-order valence-corrected chi connectivity index (χ1v) is 12.0. The molecule has 0 spiro atoms. The van der Waals surface area contributed by atoms with Crippen molar-refractivity contribution in [3.05, 3.63) is 83.4 Å². The van der Waals surface area contributed by atoms with Gasteiger partial charge in [-0.3, -0.25) is 14.5 Å². The van der Waals surface area contributed by atoms with Gasteiger partial charge < -0.3 is 13.9 Å². The standard InChI is InChI=1S/C26H22F2N2O5S/c1-3-33-23-11-6-17(16(2)31)13-18(23)15-36-26-29-22(14-21-5-4-12-34-21)24(32)30(26)19-7-9-20(10-8-19)35-25(27)28/h4-14,25H,3,15H2,1-2H3/b22-14-. The molecule has 10 heteroatoms. The van der Waals surface area contributed by atoms with Crippen LogP contribution in [0.15, 0.2) is 76.0 Å². The number of rotatable bonds is 9. The molecule has 186 valence electrons. The quantitative estimate of drug-likeness (QED) is 0.252. The number of ether oxygens (including phenoxy) is 2. The Labute approximate surface area is 210 Å². The second-order valence-corrected chi connectivity index (χ2v) is 8.50. The molecule has 0 bridgehead atoms. The first kappa shape index (κ1) is 25.2. The molecule has 0 fully saturated rings. The normalized spacial score (nSPS) is 14.5. The molecule has 0 saturated heterocycles. The lowest BCUT2D eigenvalue weighted by Gasteiger charge is -2.19. The number of Topliss-reactive ketones (excluding diaryl/α,β-unsaturated/α-hetero) is 1. The maximum atomic E-state index is 13.3. The van der Waals surface area contributed by atoms with Crippen LogP contribution < -0.4 is 14.4 Å². The molecule has 0 N–H and O–H groups in total. The van der Waals surface area contributed by atoms with Gasteiger partial charge in [-0.2, -0.15) is 8.78 Å². The van der Waals surface area contributed by atoms with Gasteiger partial charge in [-0.1, -0.05) is 11.8 Å². The van der Waals surface area contributed by atoms with Gasteiger partial charge in [-0.25, -0.2) is 4.99 Å². The summed E-state index contributed by atoms with van der Waals surface area (Å²) < 4.78 is 40.5. The van der Waals surface area contributed by atoms with Crippen LogP contribution in [0.2, 0.25) is 0 Å². The Bertz CT molecular complexity index is 1300. The third-order valence-corrected chi connectivity index (χ3v) is 6.08. The molecule has 4 rings (SSSR count). The number of carbonyl (C=O) groups is 2. The van der Waals surface area contributed by atoms with Crippen LogP contribution >= 0.6 is 11.8 Å². The zero-order valence-corrected chi connectivity index (χ0v) is 20.3. The zero-order chi connectivity index (χ0) is 25.7. The minimum Gasteiger partial charge on any atom is -0.494 e. The Kier molecular flexibility index (Phi) is 7.84. The van der Waals surface area contributed by atoms with E-state index >= 15 is 0 Å². The van der Waals surface area contributed by atoms with Crippen molar-refractivity contribution in [1.29, 1.82) is 0 Å². The number of halogens is 2. The second-order valence-electron chi connectivity index (χ2n) is 7.55. The van der Waals surface area contributed by atoms with Gasteiger partial charge in [0.25, 0.3) is 5.91 Å². The van der Waals surface area contributed by atoms with E-state index in [1.807, 2.05) is 6.92 Å². The molecule has 1 aromatic heterocycles. The highest BCUT2D eigenvalue weighted by Gasteiger charge is 2.32. The van der Waals surface area contributed by atoms with E-state index in [1.54, 1.807) is 30.3 Å². The monoisotopic (exact) mass is 512 g/mol. The highest BCUT2D eigenvalue weighted by atomic mass is 32.2. The second kappa shape index (κ2) is 11.2. The van der Waals surface area contributed by atoms with E-state index in [0.29, 0.717) is 40.3 Å². The van der Waals surface area contributed by atoms with Crippen molar-refractivity contribution in [2.24, 2.45) is 4.99 Å². The Hall–Kier alpha value is -3.92. The number of carbonyl (C=O) groups excluding carboxylic acids is 2. The van der Waals surface area contributed by atoms with Gasteiger partial charge in [0.2, 0.25) is 0 Å². The van der Waals surface area contributed by atoms with E-state index < -0.39 is 12.5 Å². The van der Waals surface area contributed by atoms with Crippen molar-refractivity contribution in [2.75, 3.05) is 11.5 Å². The molecule has 0 saturated carbocycles. The van der Waals surface area contributed by atoms with Crippen LogP contribution in [0.4, 0.5) is 14.5 Å². The molecule has 2 heterocycles. The fourth-order valence-corrected chi connectivity index (χ4v) is 4.45. The Morgan fingerprint density at radius 3 is 2.61 bits per heavy atom. The summed E-state index contributed by atoms with van der Waals surface area (Å²) in [6.45, 7) is 0.849. The highest BCUT2D eigenvalue weighted by Crippen LogP contribution is 2.34. The number of amides is 1. The number of anilines is 1. The number of hydrogen-bond donors (Lipinski definition) is 0. The molecule has 1 amide bonds. The minimum absolute atomic E-state index is 0.0275. The van der Waals surface area contributed by atoms with E-state index in [4.69, 9.17) is 9.15 Å². The van der Waals surface area contributed by atoms with Crippen molar-refractivity contribution in [1.82, 2.24) is 0 Å². The summed E-state index contributed by atoms with van der Waals surface area (Å²) in [4.78, 5) is 31.1. The number of amidine groups is 1. The van der Waals surface area contributed by atoms with Crippen LogP contribution in [-0.2, 0) is 10.5 Å². The first-order valence-electron chi connectivity index (χ1n) is 11.0. The fraction of sp³-hybridized carbons (Fsp3) is 0.192. The summed E-state index contributed by atoms with van der Waals surface area (Å²) in [5.74, 6) is 0.945. The Morgan fingerprint density at radius 1 is 1.19 bits per heavy atom. The van der Waals surface area contributed by atoms with Crippen LogP contribution in [0.1, 0.15) is 35.5 Å². The smallest absolute Gasteiger partial charge is 0.387 e. The third-order valence-electron chi connectivity index (χ3n) is 5.10. The molecule has 2 aromatic carbocycles. The topological polar surface area (TPSA) is 81.3 Å². The van der Waals surface area contributed by atoms with Gasteiger partial charge in [0.05, 0.1) is 18.6 Å². The van der Waals surface area contributed by atoms with E-state index in [9.17, 15) is 18.4 Å². The molecule has 0 radical (unpaired) electrons. The van der Waals surface area contributed by atoms with Crippen molar-refractivity contribution in [3.63, 3.8) is 0 Å². The van der Waals surface area contributed by atoms with Gasteiger partial charge in [0.1, 0.15) is 23.0 Å². The average Bonchev–Trinajstić information content (AvgIpc) is 3.47. The van der Waals surface area contributed by atoms with Gasteiger partial charge in [-0.05, 0) is 68.4 Å². The molecule has 0 unspecified atom stereocenters. The van der Waals surface area contributed by atoms with Crippen LogP contribution in [0.3, 0.4) is 0 Å². The summed E-state index contributed by atoms with van der Waals surface area (Å²) in [6, 6.07) is 14.3. The summed E-state index contributed by atoms with van der Waals surface area (Å²) in [7, 11) is 0. The molecular weight excluding hydrogens is 490 g/mol. The SMILES string of the molecule is CCOc1ccc(C(C)=O)cc1CSC1=N/C(=C\c2ccco2)C(=O)N1c1ccc(OC(F)F)cc1. The molecule has 3 aromatic rings. The number of ketones is 1. The number of nitrogens with zero attached hydrogens (tertiary/aromatic N) is 2. The van der Waals surface area contributed by atoms with Crippen molar-refractivity contribution < 1.29 is 32.3 Å². The molecule has 36 heavy (non-hydrogen) atoms. The molecule has 1 aliphatic heterocycles. The van der Waals surface area contributed by atoms with Crippen LogP contribution in [-0.4, -0.2) is 30.1 Å². The van der Waals surface area contributed by atoms with Crippen molar-refractivity contribution >= 4 is 40.4 Å². The predicted octanol–water partition coefficient (Wildman–Crippen LogP) is 6.16. The van der Waals surface area contributed by atoms with E-state index in [-0.39, 0.29) is 17.2 Å². The van der Waals surface area contributed by atoms with Crippen LogP contribution in [0.25, 0.3) is 6.08 Å². The van der Waals surface area contributed by atoms with Gasteiger partial charge in [0, 0.05) is 23.0 Å². The molecular formula is C26H22F2N2O5S. The number of hydrogen-bond acceptors (Lipinski definition) is 7. The third kappa shape index (κ3) is 5.83. The Balaban J connectivity index is 1.65. The lowest BCUT2D eigenvalue weighted by molar-refractivity contribution is -0.113. The van der Waals surface area contributed by atoms with Gasteiger partial charge >= 0.3 is 6.61 Å². The highest BCUT2D eigenvalue weighted by molar-refractivity contribution is 8.13. The molecule has 0 atom stereocenters. The molecule has 7 nitrogen and oxygen atoms in total. The van der Waals surface area contributed by atoms with E-state index in [1.165, 1.54) is 60.2 Å². The summed E-state index contributed by atoms with van der Waals surface area (Å²) >= 11 is 1.28. The summed E-state index contributed by atoms with van der Waals surface area (Å²) in [6.07, 6.45) is 3.02. The van der Waals surface area contributed by atoms with Gasteiger partial charge in [0.15, 0.2) is 11.0 Å². The minimum atomic E-state index is -2.95. The lowest BCUT2D eigenvalue weighted by Crippen LogP contribution is -2.30. The number of alkyl halides is 2. The summed E-state index contributed by atoms with van der Waals surface area (Å²) in [5.41, 5.74) is 1.90. The number of benzene rings is 2. The van der Waals surface area contributed by atoms with Crippen LogP contribution in [0.5, 0.6) is 11.5 Å². The zero-order valence-electron chi connectivity index (χ0n) is 19.4. The fourth-order valence-electron chi connectivity index (χ4n) is 3.46. The number of aliphatic imine (C=N–C) groups is 1. The van der Waals surface area contributed by atoms with Crippen LogP contribution in [0, 0.1) is 0 Å². The molecule has 0 aliphatic carbocycles. The number of thioether (sulfide) groups is 1.